The van der Waals surface area contributed by atoms with Crippen molar-refractivity contribution in [1.82, 2.24) is 0 Å². The second-order valence-corrected chi connectivity index (χ2v) is 13.0. The lowest BCUT2D eigenvalue weighted by Crippen LogP contribution is -2.12. The first-order valence-corrected chi connectivity index (χ1v) is 17.9. The summed E-state index contributed by atoms with van der Waals surface area (Å²) in [6.07, 6.45) is 4.33. The average molecular weight is 669 g/mol. The molecule has 0 heterocycles. The van der Waals surface area contributed by atoms with Gasteiger partial charge in [0.15, 0.2) is 0 Å². The summed E-state index contributed by atoms with van der Waals surface area (Å²) in [6, 6.07) is 69.7. The third-order valence-corrected chi connectivity index (χ3v) is 9.65. The van der Waals surface area contributed by atoms with Gasteiger partial charge in [-0.2, -0.15) is 0 Å². The molecule has 0 unspecified atom stereocenters. The number of fused-ring (bicyclic) bond motifs is 1. The summed E-state index contributed by atoms with van der Waals surface area (Å²) in [4.78, 5) is 4.73. The highest BCUT2D eigenvalue weighted by Gasteiger charge is 2.18. The lowest BCUT2D eigenvalue weighted by atomic mass is 9.97. The van der Waals surface area contributed by atoms with Crippen molar-refractivity contribution in [3.05, 3.63) is 211 Å². The van der Waals surface area contributed by atoms with E-state index in [0.29, 0.717) is 0 Å². The van der Waals surface area contributed by atoms with Crippen molar-refractivity contribution < 1.29 is 0 Å². The summed E-state index contributed by atoms with van der Waals surface area (Å²) in [5.41, 5.74) is 13.9. The fourth-order valence-electron chi connectivity index (χ4n) is 7.18. The average Bonchev–Trinajstić information content (AvgIpc) is 3.21. The normalized spacial score (nSPS) is 11.2. The van der Waals surface area contributed by atoms with Crippen LogP contribution >= 0.6 is 0 Å². The quantitative estimate of drug-likeness (QED) is 0.151. The highest BCUT2D eigenvalue weighted by molar-refractivity contribution is 5.99. The molecule has 0 aliphatic carbocycles. The Kier molecular flexibility index (Phi) is 9.19. The minimum absolute atomic E-state index is 1.11. The molecule has 0 aliphatic rings. The molecule has 8 aromatic carbocycles. The monoisotopic (exact) mass is 668 g/mol. The highest BCUT2D eigenvalue weighted by Crippen LogP contribution is 2.42. The van der Waals surface area contributed by atoms with Crippen LogP contribution < -0.4 is 9.80 Å². The molecule has 0 aliphatic heterocycles. The molecule has 0 aromatic heterocycles. The van der Waals surface area contributed by atoms with E-state index >= 15 is 0 Å². The molecule has 0 radical (unpaired) electrons. The summed E-state index contributed by atoms with van der Waals surface area (Å²) in [5.74, 6) is 0. The number of anilines is 6. The Bertz CT molecular complexity index is 2490. The molecule has 2 nitrogen and oxygen atoms in total. The number of aryl methyl sites for hydroxylation is 1. The van der Waals surface area contributed by atoms with Gasteiger partial charge in [-0.25, -0.2) is 0 Å². The number of rotatable bonds is 9. The van der Waals surface area contributed by atoms with Crippen molar-refractivity contribution in [2.75, 3.05) is 9.80 Å². The van der Waals surface area contributed by atoms with E-state index < -0.39 is 0 Å². The van der Waals surface area contributed by atoms with Crippen LogP contribution in [0.1, 0.15) is 18.1 Å². The summed E-state index contributed by atoms with van der Waals surface area (Å²) < 4.78 is 0. The predicted octanol–water partition coefficient (Wildman–Crippen LogP) is 14.5. The second kappa shape index (κ2) is 14.7. The minimum atomic E-state index is 1.11. The number of hydrogen-bond acceptors (Lipinski definition) is 2. The van der Waals surface area contributed by atoms with Crippen molar-refractivity contribution in [2.45, 2.75) is 13.8 Å². The highest BCUT2D eigenvalue weighted by atomic mass is 15.1. The van der Waals surface area contributed by atoms with E-state index in [0.717, 1.165) is 34.1 Å². The second-order valence-electron chi connectivity index (χ2n) is 13.0. The van der Waals surface area contributed by atoms with Crippen molar-refractivity contribution >= 4 is 51.0 Å². The first kappa shape index (κ1) is 32.6. The number of benzene rings is 8. The molecule has 0 fully saturated rings. The third-order valence-electron chi connectivity index (χ3n) is 9.65. The van der Waals surface area contributed by atoms with Gasteiger partial charge >= 0.3 is 0 Å². The lowest BCUT2D eigenvalue weighted by molar-refractivity contribution is 1.26. The first-order chi connectivity index (χ1) is 25.7. The van der Waals surface area contributed by atoms with E-state index in [2.05, 4.69) is 230 Å². The number of hydrogen-bond donors (Lipinski definition) is 0. The van der Waals surface area contributed by atoms with E-state index in [-0.39, 0.29) is 0 Å². The summed E-state index contributed by atoms with van der Waals surface area (Å²) in [6.45, 7) is 4.26. The third kappa shape index (κ3) is 6.51. The Morgan fingerprint density at radius 3 is 1.44 bits per heavy atom. The smallest absolute Gasteiger partial charge is 0.0540 e. The molecule has 0 amide bonds. The molecular formula is C50H40N2. The van der Waals surface area contributed by atoms with Gasteiger partial charge in [-0.05, 0) is 114 Å². The molecule has 0 saturated carbocycles. The zero-order valence-electron chi connectivity index (χ0n) is 29.5. The van der Waals surface area contributed by atoms with Gasteiger partial charge in [0.05, 0.1) is 11.4 Å². The van der Waals surface area contributed by atoms with E-state index in [1.807, 2.05) is 0 Å². The summed E-state index contributed by atoms with van der Waals surface area (Å²) in [7, 11) is 0. The van der Waals surface area contributed by atoms with Gasteiger partial charge in [0, 0.05) is 33.7 Å². The van der Waals surface area contributed by atoms with E-state index in [1.54, 1.807) is 0 Å². The van der Waals surface area contributed by atoms with Gasteiger partial charge in [0.2, 0.25) is 0 Å². The van der Waals surface area contributed by atoms with Crippen LogP contribution in [0.3, 0.4) is 0 Å². The van der Waals surface area contributed by atoms with Gasteiger partial charge in [-0.1, -0.05) is 140 Å². The van der Waals surface area contributed by atoms with Crippen LogP contribution in [0.2, 0.25) is 0 Å². The number of allylic oxidation sites excluding steroid dienone is 1. The van der Waals surface area contributed by atoms with Crippen LogP contribution in [-0.2, 0) is 0 Å². The van der Waals surface area contributed by atoms with Crippen molar-refractivity contribution in [3.8, 4) is 22.3 Å². The van der Waals surface area contributed by atoms with Crippen LogP contribution in [-0.4, -0.2) is 0 Å². The maximum atomic E-state index is 2.37. The largest absolute Gasteiger partial charge is 0.310 e. The van der Waals surface area contributed by atoms with Gasteiger partial charge in [0.1, 0.15) is 0 Å². The van der Waals surface area contributed by atoms with Crippen LogP contribution in [0, 0.1) is 6.92 Å². The molecule has 250 valence electrons. The molecule has 8 rings (SSSR count). The zero-order chi connectivity index (χ0) is 35.3. The Balaban J connectivity index is 1.20. The van der Waals surface area contributed by atoms with Crippen LogP contribution in [0.25, 0.3) is 39.1 Å². The SMILES string of the molecule is C/C=C\c1c(C)cccc1N(c1ccccc1)c1cccc(-c2cccc(-c3cccc(N(c4ccccc4)c4cccc5ccccc45)c3)c2)c1. The molecule has 8 aromatic rings. The Morgan fingerprint density at radius 1 is 0.385 bits per heavy atom. The Morgan fingerprint density at radius 2 is 0.827 bits per heavy atom. The molecular weight excluding hydrogens is 629 g/mol. The number of nitrogens with zero attached hydrogens (tertiary/aromatic N) is 2. The Hall–Kier alpha value is -6.64. The lowest BCUT2D eigenvalue weighted by Gasteiger charge is -2.28. The standard InChI is InChI=1S/C50H40N2/c1-3-17-47-37(2)18-12-32-49(47)51(43-25-6-4-7-26-43)45-29-14-23-41(35-45)39-21-13-22-40(34-39)42-24-15-30-46(36-42)52(44-27-8-5-9-28-44)50-33-16-20-38-19-10-11-31-48(38)50/h3-36H,1-2H3/b17-3-. The van der Waals surface area contributed by atoms with Crippen molar-refractivity contribution in [3.63, 3.8) is 0 Å². The van der Waals surface area contributed by atoms with Crippen LogP contribution in [0.4, 0.5) is 34.1 Å². The molecule has 0 spiro atoms. The fourth-order valence-corrected chi connectivity index (χ4v) is 7.18. The molecule has 0 bridgehead atoms. The zero-order valence-corrected chi connectivity index (χ0v) is 29.5. The van der Waals surface area contributed by atoms with E-state index in [1.165, 1.54) is 44.2 Å². The fraction of sp³-hybridized carbons (Fsp3) is 0.0400. The molecule has 2 heteroatoms. The Labute approximate surface area is 307 Å². The molecule has 0 atom stereocenters. The topological polar surface area (TPSA) is 6.48 Å². The maximum absolute atomic E-state index is 2.37. The molecule has 0 saturated heterocycles. The van der Waals surface area contributed by atoms with Crippen LogP contribution in [0.5, 0.6) is 0 Å². The van der Waals surface area contributed by atoms with E-state index in [4.69, 9.17) is 0 Å². The molecule has 0 N–H and O–H groups in total. The molecule has 52 heavy (non-hydrogen) atoms. The first-order valence-electron chi connectivity index (χ1n) is 17.9. The predicted molar refractivity (Wildman–Crippen MR) is 224 cm³/mol. The maximum Gasteiger partial charge on any atom is 0.0540 e. The number of para-hydroxylation sites is 2. The van der Waals surface area contributed by atoms with Gasteiger partial charge in [0.25, 0.3) is 0 Å². The van der Waals surface area contributed by atoms with Gasteiger partial charge in [-0.15, -0.1) is 0 Å². The summed E-state index contributed by atoms with van der Waals surface area (Å²) in [5, 5.41) is 2.44. The van der Waals surface area contributed by atoms with Crippen molar-refractivity contribution in [1.29, 1.82) is 0 Å². The van der Waals surface area contributed by atoms with Crippen molar-refractivity contribution in [2.24, 2.45) is 0 Å². The minimum Gasteiger partial charge on any atom is -0.310 e. The van der Waals surface area contributed by atoms with Crippen LogP contribution in [0.15, 0.2) is 200 Å². The van der Waals surface area contributed by atoms with Gasteiger partial charge < -0.3 is 9.80 Å². The van der Waals surface area contributed by atoms with Gasteiger partial charge in [-0.3, -0.25) is 0 Å². The van der Waals surface area contributed by atoms with E-state index in [9.17, 15) is 0 Å². The summed E-state index contributed by atoms with van der Waals surface area (Å²) >= 11 is 0.